The van der Waals surface area contributed by atoms with E-state index in [1.807, 2.05) is 37.0 Å². The van der Waals surface area contributed by atoms with E-state index in [-0.39, 0.29) is 12.0 Å². The first-order chi connectivity index (χ1) is 19.3. The summed E-state index contributed by atoms with van der Waals surface area (Å²) in [7, 11) is 4.12. The highest BCUT2D eigenvalue weighted by Gasteiger charge is 2.21. The smallest absolute Gasteiger partial charge is 0.258 e. The van der Waals surface area contributed by atoms with Crippen LogP contribution in [0.4, 0.5) is 5.95 Å². The largest absolute Gasteiger partial charge is 0.377 e. The van der Waals surface area contributed by atoms with Gasteiger partial charge in [-0.15, -0.1) is 0 Å². The minimum atomic E-state index is -0.213. The number of ether oxygens (including phenoxy) is 1. The van der Waals surface area contributed by atoms with Crippen molar-refractivity contribution in [1.82, 2.24) is 34.1 Å². The number of amides is 1. The predicted octanol–water partition coefficient (Wildman–Crippen LogP) is 3.49. The molecule has 40 heavy (non-hydrogen) atoms. The minimum Gasteiger partial charge on any atom is -0.377 e. The molecule has 1 aromatic carbocycles. The highest BCUT2D eigenvalue weighted by atomic mass is 16.5. The fourth-order valence-electron chi connectivity index (χ4n) is 5.73. The molecule has 5 heterocycles. The zero-order chi connectivity index (χ0) is 27.8. The number of carbonyl (C=O) groups excluding carboxylic acids is 1. The Morgan fingerprint density at radius 3 is 2.73 bits per heavy atom. The molecule has 3 aromatic heterocycles. The number of imidazole rings is 1. The maximum absolute atomic E-state index is 13.6. The molecule has 6 rings (SSSR count). The van der Waals surface area contributed by atoms with Gasteiger partial charge in [-0.25, -0.2) is 4.98 Å². The van der Waals surface area contributed by atoms with Gasteiger partial charge in [0.1, 0.15) is 0 Å². The lowest BCUT2D eigenvalue weighted by atomic mass is 10.1. The number of likely N-dealkylation sites (N-methyl/N-ethyl adjacent to an activating group) is 1. The van der Waals surface area contributed by atoms with Gasteiger partial charge in [-0.2, -0.15) is 5.10 Å². The van der Waals surface area contributed by atoms with Crippen molar-refractivity contribution < 1.29 is 9.53 Å². The van der Waals surface area contributed by atoms with Crippen molar-refractivity contribution in [3.05, 3.63) is 59.0 Å². The van der Waals surface area contributed by atoms with Gasteiger partial charge >= 0.3 is 0 Å². The van der Waals surface area contributed by atoms with E-state index in [0.717, 1.165) is 79.2 Å². The molecule has 10 nitrogen and oxygen atoms in total. The lowest BCUT2D eigenvalue weighted by Crippen LogP contribution is -2.43. The molecule has 2 aliphatic rings. The third kappa shape index (κ3) is 5.52. The summed E-state index contributed by atoms with van der Waals surface area (Å²) in [4.78, 5) is 28.1. The van der Waals surface area contributed by atoms with Gasteiger partial charge in [0.2, 0.25) is 5.95 Å². The second kappa shape index (κ2) is 11.1. The van der Waals surface area contributed by atoms with E-state index in [1.165, 1.54) is 5.56 Å². The summed E-state index contributed by atoms with van der Waals surface area (Å²) in [6.45, 7) is 10.4. The molecule has 0 spiro atoms. The molecule has 1 fully saturated rings. The Balaban J connectivity index is 1.36. The Morgan fingerprint density at radius 2 is 1.90 bits per heavy atom. The molecule has 0 unspecified atom stereocenters. The quantitative estimate of drug-likeness (QED) is 0.415. The average molecular weight is 543 g/mol. The van der Waals surface area contributed by atoms with Crippen molar-refractivity contribution in [2.24, 2.45) is 7.05 Å². The van der Waals surface area contributed by atoms with Gasteiger partial charge < -0.3 is 14.2 Å². The Morgan fingerprint density at radius 1 is 1.07 bits per heavy atom. The van der Waals surface area contributed by atoms with Crippen LogP contribution < -0.4 is 5.32 Å². The predicted molar refractivity (Wildman–Crippen MR) is 155 cm³/mol. The van der Waals surface area contributed by atoms with Gasteiger partial charge in [-0.1, -0.05) is 6.07 Å². The van der Waals surface area contributed by atoms with Gasteiger partial charge in [0.15, 0.2) is 0 Å². The zero-order valence-electron chi connectivity index (χ0n) is 23.9. The van der Waals surface area contributed by atoms with Crippen LogP contribution >= 0.6 is 0 Å². The molecule has 0 aliphatic carbocycles. The standard InChI is InChI=1S/C30H38N8O2/c1-20-14-23-16-26(32-20)24-17-31-36(4)27(24)6-5-13-40-21(2)18-38-28-15-22(19-37-11-9-35(3)10-12-37)7-8-25(28)33-30(38)34-29(23)39/h7-8,14-17,21H,5-6,9-13,18-19H2,1-4H3,(H,33,34,39)/t21-/m0/s1. The van der Waals surface area contributed by atoms with E-state index in [0.29, 0.717) is 24.7 Å². The van der Waals surface area contributed by atoms with Gasteiger partial charge in [0.05, 0.1) is 35.6 Å². The number of rotatable bonds is 2. The highest BCUT2D eigenvalue weighted by molar-refractivity contribution is 6.04. The monoisotopic (exact) mass is 542 g/mol. The third-order valence-electron chi connectivity index (χ3n) is 7.99. The van der Waals surface area contributed by atoms with Crippen LogP contribution in [0.15, 0.2) is 36.5 Å². The topological polar surface area (TPSA) is 93.3 Å². The lowest BCUT2D eigenvalue weighted by molar-refractivity contribution is 0.0537. The molecule has 2 bridgehead atoms. The number of piperazine rings is 1. The molecule has 1 saturated heterocycles. The number of aryl methyl sites for hydroxylation is 2. The minimum absolute atomic E-state index is 0.0598. The average Bonchev–Trinajstić information content (AvgIpc) is 3.46. The number of nitrogens with zero attached hydrogens (tertiary/aromatic N) is 7. The van der Waals surface area contributed by atoms with Crippen LogP contribution in [0.3, 0.4) is 0 Å². The van der Waals surface area contributed by atoms with Gasteiger partial charge in [0, 0.05) is 68.9 Å². The summed E-state index contributed by atoms with van der Waals surface area (Å²) in [5, 5.41) is 7.58. The number of aromatic nitrogens is 5. The molecular formula is C30H38N8O2. The number of pyridine rings is 1. The number of benzene rings is 1. The molecule has 1 atom stereocenters. The van der Waals surface area contributed by atoms with Gasteiger partial charge in [0.25, 0.3) is 5.91 Å². The molecule has 0 saturated carbocycles. The second-order valence-corrected chi connectivity index (χ2v) is 11.2. The molecule has 1 N–H and O–H groups in total. The Bertz CT molecular complexity index is 1530. The molecule has 0 radical (unpaired) electrons. The van der Waals surface area contributed by atoms with Crippen molar-refractivity contribution in [2.45, 2.75) is 45.9 Å². The summed E-state index contributed by atoms with van der Waals surface area (Å²) in [5.74, 6) is 0.315. The van der Waals surface area contributed by atoms with Crippen molar-refractivity contribution in [1.29, 1.82) is 0 Å². The SMILES string of the molecule is Cc1cc2cc(n1)-c1cnn(C)c1CCCO[C@@H](C)Cn1c(nc3ccc(CN4CCN(C)CC4)cc31)NC2=O. The maximum atomic E-state index is 13.6. The number of carbonyl (C=O) groups is 1. The molecule has 210 valence electrons. The first-order valence-corrected chi connectivity index (χ1v) is 14.2. The Hall–Kier alpha value is -3.60. The summed E-state index contributed by atoms with van der Waals surface area (Å²) in [5.41, 5.74) is 7.22. The number of nitrogens with one attached hydrogen (secondary N) is 1. The summed E-state index contributed by atoms with van der Waals surface area (Å²) in [6.07, 6.45) is 3.44. The van der Waals surface area contributed by atoms with Crippen LogP contribution in [0.5, 0.6) is 0 Å². The number of anilines is 1. The molecule has 4 aromatic rings. The lowest BCUT2D eigenvalue weighted by Gasteiger charge is -2.32. The fraction of sp³-hybridized carbons (Fsp3) is 0.467. The normalized spacial score (nSPS) is 19.5. The van der Waals surface area contributed by atoms with Crippen molar-refractivity contribution in [3.8, 4) is 11.3 Å². The first-order valence-electron chi connectivity index (χ1n) is 14.2. The number of fused-ring (bicyclic) bond motifs is 7. The van der Waals surface area contributed by atoms with Crippen molar-refractivity contribution in [2.75, 3.05) is 45.2 Å². The van der Waals surface area contributed by atoms with Crippen molar-refractivity contribution in [3.63, 3.8) is 0 Å². The van der Waals surface area contributed by atoms with Crippen LogP contribution in [0, 0.1) is 6.92 Å². The second-order valence-electron chi connectivity index (χ2n) is 11.2. The van der Waals surface area contributed by atoms with E-state index in [1.54, 1.807) is 0 Å². The van der Waals surface area contributed by atoms with Gasteiger partial charge in [-0.05, 0) is 63.6 Å². The van der Waals surface area contributed by atoms with Crippen LogP contribution in [0.2, 0.25) is 0 Å². The molecule has 1 amide bonds. The fourth-order valence-corrected chi connectivity index (χ4v) is 5.73. The summed E-state index contributed by atoms with van der Waals surface area (Å²) in [6, 6.07) is 10.1. The zero-order valence-corrected chi connectivity index (χ0v) is 23.9. The Labute approximate surface area is 234 Å². The van der Waals surface area contributed by atoms with E-state index in [4.69, 9.17) is 14.7 Å². The molecule has 2 aliphatic heterocycles. The van der Waals surface area contributed by atoms with E-state index in [2.05, 4.69) is 57.0 Å². The van der Waals surface area contributed by atoms with Gasteiger partial charge in [-0.3, -0.25) is 24.7 Å². The third-order valence-corrected chi connectivity index (χ3v) is 7.99. The van der Waals surface area contributed by atoms with E-state index in [9.17, 15) is 4.79 Å². The van der Waals surface area contributed by atoms with Crippen LogP contribution in [0.1, 0.15) is 40.7 Å². The van der Waals surface area contributed by atoms with Crippen LogP contribution in [-0.2, 0) is 31.3 Å². The maximum Gasteiger partial charge on any atom is 0.258 e. The van der Waals surface area contributed by atoms with E-state index < -0.39 is 0 Å². The first kappa shape index (κ1) is 26.6. The molecule has 10 heteroatoms. The number of hydrogen-bond acceptors (Lipinski definition) is 7. The summed E-state index contributed by atoms with van der Waals surface area (Å²) < 4.78 is 10.2. The summed E-state index contributed by atoms with van der Waals surface area (Å²) >= 11 is 0. The molecular weight excluding hydrogens is 504 g/mol. The highest BCUT2D eigenvalue weighted by Crippen LogP contribution is 2.27. The number of hydrogen-bond donors (Lipinski definition) is 1. The van der Waals surface area contributed by atoms with Crippen LogP contribution in [0.25, 0.3) is 22.3 Å². The van der Waals surface area contributed by atoms with E-state index >= 15 is 0 Å². The van der Waals surface area contributed by atoms with Crippen LogP contribution in [-0.4, -0.2) is 86.0 Å². The Kier molecular flexibility index (Phi) is 7.39. The van der Waals surface area contributed by atoms with Crippen molar-refractivity contribution >= 4 is 22.9 Å².